The van der Waals surface area contributed by atoms with Gasteiger partial charge in [-0.1, -0.05) is 18.2 Å². The van der Waals surface area contributed by atoms with E-state index < -0.39 is 16.8 Å². The van der Waals surface area contributed by atoms with Crippen LogP contribution in [0, 0.1) is 0 Å². The summed E-state index contributed by atoms with van der Waals surface area (Å²) in [6, 6.07) is 10.7. The van der Waals surface area contributed by atoms with Gasteiger partial charge < -0.3 is 9.52 Å². The van der Waals surface area contributed by atoms with E-state index in [-0.39, 0.29) is 10.9 Å². The standard InChI is InChI=1S/C14H10O4S2/c15-14(16)11-5-6-13(18-11)20(17)8-9-7-19-12-4-2-1-3-10(9)12/h1-7H,8H2,(H,15,16). The SMILES string of the molecule is O=C(O)c1ccc(S(=O)Cc2csc3ccccc23)o1. The predicted octanol–water partition coefficient (Wildman–Crippen LogP) is 3.50. The van der Waals surface area contributed by atoms with Crippen molar-refractivity contribution in [2.24, 2.45) is 0 Å². The predicted molar refractivity (Wildman–Crippen MR) is 77.6 cm³/mol. The molecule has 0 bridgehead atoms. The van der Waals surface area contributed by atoms with Gasteiger partial charge in [-0.15, -0.1) is 11.3 Å². The summed E-state index contributed by atoms with van der Waals surface area (Å²) >= 11 is 1.60. The molecule has 4 nitrogen and oxygen atoms in total. The molecule has 6 heteroatoms. The summed E-state index contributed by atoms with van der Waals surface area (Å²) < 4.78 is 18.4. The Morgan fingerprint density at radius 3 is 2.80 bits per heavy atom. The van der Waals surface area contributed by atoms with Gasteiger partial charge in [0.2, 0.25) is 5.76 Å². The van der Waals surface area contributed by atoms with E-state index in [1.165, 1.54) is 12.1 Å². The maximum atomic E-state index is 12.2. The van der Waals surface area contributed by atoms with Gasteiger partial charge in [-0.05, 0) is 34.5 Å². The summed E-state index contributed by atoms with van der Waals surface area (Å²) in [7, 11) is -1.39. The molecule has 0 saturated carbocycles. The van der Waals surface area contributed by atoms with Crippen molar-refractivity contribution >= 4 is 38.2 Å². The van der Waals surface area contributed by atoms with Crippen molar-refractivity contribution < 1.29 is 18.5 Å². The number of hydrogen-bond donors (Lipinski definition) is 1. The molecule has 0 aliphatic heterocycles. The Morgan fingerprint density at radius 2 is 2.05 bits per heavy atom. The van der Waals surface area contributed by atoms with Crippen LogP contribution in [0.1, 0.15) is 16.1 Å². The highest BCUT2D eigenvalue weighted by molar-refractivity contribution is 7.84. The number of furan rings is 1. The van der Waals surface area contributed by atoms with E-state index in [0.717, 1.165) is 15.6 Å². The first kappa shape index (κ1) is 13.1. The number of thiophene rings is 1. The van der Waals surface area contributed by atoms with Crippen LogP contribution >= 0.6 is 11.3 Å². The first-order chi connectivity index (χ1) is 9.65. The van der Waals surface area contributed by atoms with Crippen LogP contribution in [0.3, 0.4) is 0 Å². The van der Waals surface area contributed by atoms with Crippen molar-refractivity contribution in [1.29, 1.82) is 0 Å². The highest BCUT2D eigenvalue weighted by Gasteiger charge is 2.15. The van der Waals surface area contributed by atoms with Gasteiger partial charge >= 0.3 is 5.97 Å². The number of rotatable bonds is 4. The fraction of sp³-hybridized carbons (Fsp3) is 0.0714. The van der Waals surface area contributed by atoms with Crippen molar-refractivity contribution in [1.82, 2.24) is 0 Å². The van der Waals surface area contributed by atoms with Gasteiger partial charge in [0.25, 0.3) is 0 Å². The zero-order chi connectivity index (χ0) is 14.1. The minimum Gasteiger partial charge on any atom is -0.475 e. The fourth-order valence-electron chi connectivity index (χ4n) is 1.91. The second-order valence-corrected chi connectivity index (χ2v) is 6.46. The van der Waals surface area contributed by atoms with Crippen molar-refractivity contribution in [3.63, 3.8) is 0 Å². The maximum Gasteiger partial charge on any atom is 0.371 e. The fourth-order valence-corrected chi connectivity index (χ4v) is 4.05. The van der Waals surface area contributed by atoms with Gasteiger partial charge in [0.15, 0.2) is 5.09 Å². The molecular formula is C14H10O4S2. The molecule has 2 aromatic heterocycles. The lowest BCUT2D eigenvalue weighted by molar-refractivity contribution is 0.0656. The first-order valence-corrected chi connectivity index (χ1v) is 8.01. The van der Waals surface area contributed by atoms with Crippen LogP contribution in [-0.2, 0) is 16.6 Å². The molecule has 0 aliphatic rings. The van der Waals surface area contributed by atoms with E-state index in [1.807, 2.05) is 29.6 Å². The zero-order valence-electron chi connectivity index (χ0n) is 10.2. The Bertz CT molecular complexity index is 800. The molecule has 3 aromatic rings. The molecule has 0 amide bonds. The number of carboxylic acid groups (broad SMARTS) is 1. The van der Waals surface area contributed by atoms with E-state index >= 15 is 0 Å². The number of benzene rings is 1. The van der Waals surface area contributed by atoms with Crippen LogP contribution in [0.25, 0.3) is 10.1 Å². The molecule has 1 unspecified atom stereocenters. The van der Waals surface area contributed by atoms with E-state index in [4.69, 9.17) is 9.52 Å². The summed E-state index contributed by atoms with van der Waals surface area (Å²) in [6.07, 6.45) is 0. The van der Waals surface area contributed by atoms with Crippen molar-refractivity contribution in [3.05, 3.63) is 53.1 Å². The average molecular weight is 306 g/mol. The van der Waals surface area contributed by atoms with Gasteiger partial charge in [-0.25, -0.2) is 4.79 Å². The molecule has 0 radical (unpaired) electrons. The third-order valence-electron chi connectivity index (χ3n) is 2.86. The molecule has 1 N–H and O–H groups in total. The van der Waals surface area contributed by atoms with Crippen LogP contribution in [0.5, 0.6) is 0 Å². The van der Waals surface area contributed by atoms with Crippen LogP contribution in [0.2, 0.25) is 0 Å². The second kappa shape index (κ2) is 5.22. The van der Waals surface area contributed by atoms with Gasteiger partial charge in [0, 0.05) is 4.70 Å². The minimum absolute atomic E-state index is 0.191. The van der Waals surface area contributed by atoms with Gasteiger partial charge in [0.1, 0.15) is 0 Å². The molecule has 1 aromatic carbocycles. The van der Waals surface area contributed by atoms with Gasteiger partial charge in [-0.3, -0.25) is 4.21 Å². The lowest BCUT2D eigenvalue weighted by Gasteiger charge is -1.98. The molecule has 2 heterocycles. The number of carboxylic acids is 1. The largest absolute Gasteiger partial charge is 0.475 e. The quantitative estimate of drug-likeness (QED) is 0.801. The molecule has 102 valence electrons. The van der Waals surface area contributed by atoms with Crippen molar-refractivity contribution in [2.45, 2.75) is 10.8 Å². The molecule has 0 aliphatic carbocycles. The smallest absolute Gasteiger partial charge is 0.371 e. The van der Waals surface area contributed by atoms with Crippen LogP contribution in [0.15, 0.2) is 51.3 Å². The summed E-state index contributed by atoms with van der Waals surface area (Å²) in [5, 5.41) is 12.0. The Morgan fingerprint density at radius 1 is 1.25 bits per heavy atom. The Labute approximate surface area is 121 Å². The topological polar surface area (TPSA) is 67.5 Å². The number of hydrogen-bond acceptors (Lipinski definition) is 4. The van der Waals surface area contributed by atoms with E-state index in [1.54, 1.807) is 11.3 Å². The molecule has 3 rings (SSSR count). The van der Waals surface area contributed by atoms with Crippen LogP contribution < -0.4 is 0 Å². The summed E-state index contributed by atoms with van der Waals surface area (Å²) in [5.41, 5.74) is 0.984. The molecule has 1 atom stereocenters. The lowest BCUT2D eigenvalue weighted by Crippen LogP contribution is -1.95. The van der Waals surface area contributed by atoms with Gasteiger partial charge in [-0.2, -0.15) is 0 Å². The number of aromatic carboxylic acids is 1. The number of carbonyl (C=O) groups is 1. The highest BCUT2D eigenvalue weighted by atomic mass is 32.2. The second-order valence-electron chi connectivity index (χ2n) is 4.17. The third-order valence-corrected chi connectivity index (χ3v) is 5.12. The van der Waals surface area contributed by atoms with Crippen LogP contribution in [-0.4, -0.2) is 15.3 Å². The Kier molecular flexibility index (Phi) is 3.42. The molecular weight excluding hydrogens is 296 g/mol. The maximum absolute atomic E-state index is 12.2. The lowest BCUT2D eigenvalue weighted by atomic mass is 10.2. The van der Waals surface area contributed by atoms with Crippen LogP contribution in [0.4, 0.5) is 0 Å². The number of fused-ring (bicyclic) bond motifs is 1. The molecule has 20 heavy (non-hydrogen) atoms. The summed E-state index contributed by atoms with van der Waals surface area (Å²) in [6.45, 7) is 0. The van der Waals surface area contributed by atoms with E-state index in [2.05, 4.69) is 0 Å². The summed E-state index contributed by atoms with van der Waals surface area (Å²) in [5.74, 6) is -1.03. The third kappa shape index (κ3) is 2.39. The zero-order valence-corrected chi connectivity index (χ0v) is 11.9. The monoisotopic (exact) mass is 306 g/mol. The van der Waals surface area contributed by atoms with Crippen molar-refractivity contribution in [2.75, 3.05) is 0 Å². The Balaban J connectivity index is 1.86. The normalized spacial score (nSPS) is 12.6. The molecule has 0 saturated heterocycles. The molecule has 0 fully saturated rings. The van der Waals surface area contributed by atoms with Crippen molar-refractivity contribution in [3.8, 4) is 0 Å². The highest BCUT2D eigenvalue weighted by Crippen LogP contribution is 2.28. The Hall–Kier alpha value is -1.92. The first-order valence-electron chi connectivity index (χ1n) is 5.82. The molecule has 0 spiro atoms. The van der Waals surface area contributed by atoms with Gasteiger partial charge in [0.05, 0.1) is 16.6 Å². The van der Waals surface area contributed by atoms with E-state index in [0.29, 0.717) is 5.75 Å². The van der Waals surface area contributed by atoms with E-state index in [9.17, 15) is 9.00 Å². The minimum atomic E-state index is -1.39. The summed E-state index contributed by atoms with van der Waals surface area (Å²) in [4.78, 5) is 10.7. The average Bonchev–Trinajstić information content (AvgIpc) is 3.06.